The summed E-state index contributed by atoms with van der Waals surface area (Å²) in [7, 11) is 1.75. The van der Waals surface area contributed by atoms with E-state index >= 15 is 0 Å². The molecule has 1 aliphatic carbocycles. The summed E-state index contributed by atoms with van der Waals surface area (Å²) in [5, 5.41) is 6.50. The largest absolute Gasteiger partial charge is 0.486 e. The number of halogens is 1. The predicted molar refractivity (Wildman–Crippen MR) is 87.8 cm³/mol. The minimum absolute atomic E-state index is 0.151. The van der Waals surface area contributed by atoms with Crippen molar-refractivity contribution in [3.8, 4) is 5.75 Å². The third-order valence-corrected chi connectivity index (χ3v) is 3.72. The zero-order valence-electron chi connectivity index (χ0n) is 13.4. The number of hydrogen-bond acceptors (Lipinski definition) is 2. The second kappa shape index (κ2) is 8.61. The highest BCUT2D eigenvalue weighted by Crippen LogP contribution is 2.33. The highest BCUT2D eigenvalue weighted by molar-refractivity contribution is 5.79. The number of hydrogen-bond donors (Lipinski definition) is 2. The summed E-state index contributed by atoms with van der Waals surface area (Å²) in [6.07, 6.45) is 5.13. The summed E-state index contributed by atoms with van der Waals surface area (Å²) in [6, 6.07) is 6.45. The van der Waals surface area contributed by atoms with Gasteiger partial charge in [0.1, 0.15) is 6.10 Å². The Hall–Kier alpha value is -1.78. The Kier molecular flexibility index (Phi) is 6.49. The number of nitrogens with zero attached hydrogens (tertiary/aromatic N) is 1. The van der Waals surface area contributed by atoms with Crippen LogP contribution in [0.4, 0.5) is 4.39 Å². The fourth-order valence-corrected chi connectivity index (χ4v) is 2.26. The van der Waals surface area contributed by atoms with Crippen LogP contribution in [0.2, 0.25) is 0 Å². The Labute approximate surface area is 132 Å². The number of nitrogens with one attached hydrogen (secondary N) is 2. The molecule has 22 heavy (non-hydrogen) atoms. The summed E-state index contributed by atoms with van der Waals surface area (Å²) >= 11 is 0. The van der Waals surface area contributed by atoms with Gasteiger partial charge in [0.05, 0.1) is 6.54 Å². The molecule has 0 amide bonds. The molecule has 1 fully saturated rings. The van der Waals surface area contributed by atoms with E-state index in [4.69, 9.17) is 4.74 Å². The van der Waals surface area contributed by atoms with Gasteiger partial charge in [0.25, 0.3) is 0 Å². The highest BCUT2D eigenvalue weighted by Gasteiger charge is 2.20. The number of benzene rings is 1. The molecule has 1 aliphatic rings. The molecule has 0 aliphatic heterocycles. The molecular weight excluding hydrogens is 281 g/mol. The van der Waals surface area contributed by atoms with Crippen LogP contribution in [0, 0.1) is 11.7 Å². The van der Waals surface area contributed by atoms with Crippen molar-refractivity contribution in [1.82, 2.24) is 10.6 Å². The van der Waals surface area contributed by atoms with Crippen LogP contribution >= 0.6 is 0 Å². The topological polar surface area (TPSA) is 45.7 Å². The van der Waals surface area contributed by atoms with Gasteiger partial charge in [-0.05, 0) is 37.8 Å². The maximum Gasteiger partial charge on any atom is 0.191 e. The monoisotopic (exact) mass is 307 g/mol. The van der Waals surface area contributed by atoms with Crippen LogP contribution in [0.15, 0.2) is 29.3 Å². The second-order valence-corrected chi connectivity index (χ2v) is 5.82. The normalized spacial score (nSPS) is 16.2. The van der Waals surface area contributed by atoms with Gasteiger partial charge in [-0.2, -0.15) is 0 Å². The van der Waals surface area contributed by atoms with Crippen molar-refractivity contribution in [2.24, 2.45) is 10.9 Å². The van der Waals surface area contributed by atoms with Gasteiger partial charge < -0.3 is 15.4 Å². The Morgan fingerprint density at radius 3 is 2.82 bits per heavy atom. The quantitative estimate of drug-likeness (QED) is 0.441. The zero-order valence-corrected chi connectivity index (χ0v) is 13.4. The summed E-state index contributed by atoms with van der Waals surface area (Å²) in [5.41, 5.74) is 0. The number of rotatable bonds is 8. The van der Waals surface area contributed by atoms with Crippen molar-refractivity contribution in [3.63, 3.8) is 0 Å². The van der Waals surface area contributed by atoms with Crippen molar-refractivity contribution in [2.45, 2.75) is 38.7 Å². The molecular formula is C17H26FN3O. The van der Waals surface area contributed by atoms with E-state index in [9.17, 15) is 4.39 Å². The Balaban J connectivity index is 1.64. The molecule has 2 N–H and O–H groups in total. The van der Waals surface area contributed by atoms with Crippen LogP contribution in [0.1, 0.15) is 32.6 Å². The van der Waals surface area contributed by atoms with Crippen molar-refractivity contribution < 1.29 is 9.13 Å². The van der Waals surface area contributed by atoms with E-state index in [1.54, 1.807) is 25.2 Å². The third-order valence-electron chi connectivity index (χ3n) is 3.72. The van der Waals surface area contributed by atoms with E-state index in [-0.39, 0.29) is 17.7 Å². The maximum atomic E-state index is 13.5. The standard InChI is InChI=1S/C17H26FN3O/c1-13(22-16-8-4-3-7-15(16)18)12-21-17(19-2)20-11-5-6-14-9-10-14/h3-4,7-8,13-14H,5-6,9-12H2,1-2H3,(H2,19,20,21). The Morgan fingerprint density at radius 2 is 2.14 bits per heavy atom. The molecule has 1 saturated carbocycles. The molecule has 5 heteroatoms. The second-order valence-electron chi connectivity index (χ2n) is 5.82. The minimum atomic E-state index is -0.336. The van der Waals surface area contributed by atoms with Gasteiger partial charge >= 0.3 is 0 Å². The molecule has 0 aromatic heterocycles. The van der Waals surface area contributed by atoms with Gasteiger partial charge in [0.2, 0.25) is 0 Å². The molecule has 0 heterocycles. The van der Waals surface area contributed by atoms with Gasteiger partial charge in [-0.3, -0.25) is 4.99 Å². The van der Waals surface area contributed by atoms with Crippen LogP contribution in [-0.2, 0) is 0 Å². The van der Waals surface area contributed by atoms with Crippen LogP contribution in [0.3, 0.4) is 0 Å². The molecule has 1 aromatic carbocycles. The summed E-state index contributed by atoms with van der Waals surface area (Å²) in [5.74, 6) is 1.67. The lowest BCUT2D eigenvalue weighted by Gasteiger charge is -2.18. The van der Waals surface area contributed by atoms with Crippen LogP contribution in [-0.4, -0.2) is 32.2 Å². The molecule has 4 nitrogen and oxygen atoms in total. The van der Waals surface area contributed by atoms with Crippen LogP contribution < -0.4 is 15.4 Å². The van der Waals surface area contributed by atoms with Crippen molar-refractivity contribution in [3.05, 3.63) is 30.1 Å². The van der Waals surface area contributed by atoms with E-state index in [0.29, 0.717) is 6.54 Å². The smallest absolute Gasteiger partial charge is 0.191 e. The number of aliphatic imine (C=N–C) groups is 1. The molecule has 1 atom stereocenters. The van der Waals surface area contributed by atoms with Gasteiger partial charge in [-0.25, -0.2) is 4.39 Å². The fraction of sp³-hybridized carbons (Fsp3) is 0.588. The van der Waals surface area contributed by atoms with Crippen molar-refractivity contribution >= 4 is 5.96 Å². The zero-order chi connectivity index (χ0) is 15.8. The van der Waals surface area contributed by atoms with E-state index < -0.39 is 0 Å². The summed E-state index contributed by atoms with van der Waals surface area (Å²) in [4.78, 5) is 4.18. The van der Waals surface area contributed by atoms with E-state index in [1.807, 2.05) is 6.92 Å². The molecule has 2 rings (SSSR count). The predicted octanol–water partition coefficient (Wildman–Crippen LogP) is 2.95. The average molecular weight is 307 g/mol. The SMILES string of the molecule is CN=C(NCCCC1CC1)NCC(C)Oc1ccccc1F. The third kappa shape index (κ3) is 5.92. The Morgan fingerprint density at radius 1 is 1.36 bits per heavy atom. The highest BCUT2D eigenvalue weighted by atomic mass is 19.1. The average Bonchev–Trinajstić information content (AvgIpc) is 3.33. The minimum Gasteiger partial charge on any atom is -0.486 e. The molecule has 0 bridgehead atoms. The first-order valence-electron chi connectivity index (χ1n) is 8.04. The molecule has 0 saturated heterocycles. The Bertz CT molecular complexity index is 489. The lowest BCUT2D eigenvalue weighted by Crippen LogP contribution is -2.42. The van der Waals surface area contributed by atoms with Crippen LogP contribution in [0.25, 0.3) is 0 Å². The van der Waals surface area contributed by atoms with Crippen molar-refractivity contribution in [2.75, 3.05) is 20.1 Å². The summed E-state index contributed by atoms with van der Waals surface area (Å²) < 4.78 is 19.1. The molecule has 0 radical (unpaired) electrons. The molecule has 1 aromatic rings. The van der Waals surface area contributed by atoms with Gasteiger partial charge in [-0.1, -0.05) is 25.0 Å². The maximum absolute atomic E-state index is 13.5. The first kappa shape index (κ1) is 16.6. The van der Waals surface area contributed by atoms with E-state index in [1.165, 1.54) is 31.7 Å². The number of ether oxygens (including phenoxy) is 1. The molecule has 1 unspecified atom stereocenters. The van der Waals surface area contributed by atoms with Gasteiger partial charge in [-0.15, -0.1) is 0 Å². The summed E-state index contributed by atoms with van der Waals surface area (Å²) in [6.45, 7) is 3.40. The van der Waals surface area contributed by atoms with Gasteiger partial charge in [0, 0.05) is 13.6 Å². The number of para-hydroxylation sites is 1. The van der Waals surface area contributed by atoms with E-state index in [2.05, 4.69) is 15.6 Å². The first-order chi connectivity index (χ1) is 10.7. The van der Waals surface area contributed by atoms with Crippen molar-refractivity contribution in [1.29, 1.82) is 0 Å². The molecule has 0 spiro atoms. The number of guanidine groups is 1. The lowest BCUT2D eigenvalue weighted by molar-refractivity contribution is 0.214. The van der Waals surface area contributed by atoms with Gasteiger partial charge in [0.15, 0.2) is 17.5 Å². The lowest BCUT2D eigenvalue weighted by atomic mass is 10.2. The molecule has 122 valence electrons. The van der Waals surface area contributed by atoms with Crippen LogP contribution in [0.5, 0.6) is 5.75 Å². The van der Waals surface area contributed by atoms with E-state index in [0.717, 1.165) is 18.4 Å². The first-order valence-corrected chi connectivity index (χ1v) is 8.04. The fourth-order valence-electron chi connectivity index (χ4n) is 2.26.